The van der Waals surface area contributed by atoms with Crippen LogP contribution in [0.5, 0.6) is 0 Å². The molecule has 0 unspecified atom stereocenters. The Kier molecular flexibility index (Phi) is 5.21. The second-order valence-corrected chi connectivity index (χ2v) is 6.07. The zero-order valence-electron chi connectivity index (χ0n) is 15.1. The van der Waals surface area contributed by atoms with E-state index in [0.717, 1.165) is 11.1 Å². The number of carbonyl (C=O) groups is 2. The van der Waals surface area contributed by atoms with E-state index >= 15 is 0 Å². The van der Waals surface area contributed by atoms with Crippen LogP contribution in [0.2, 0.25) is 0 Å². The minimum atomic E-state index is -0.550. The molecular formula is C20H20N4O3. The average molecular weight is 364 g/mol. The molecule has 7 heteroatoms. The number of hydrogen-bond acceptors (Lipinski definition) is 5. The number of rotatable bonds is 5. The number of aromatic nitrogens is 2. The Bertz CT molecular complexity index is 977. The van der Waals surface area contributed by atoms with E-state index in [0.29, 0.717) is 17.8 Å². The second-order valence-electron chi connectivity index (χ2n) is 6.07. The van der Waals surface area contributed by atoms with Gasteiger partial charge in [-0.3, -0.25) is 4.79 Å². The van der Waals surface area contributed by atoms with Crippen molar-refractivity contribution in [1.29, 1.82) is 0 Å². The van der Waals surface area contributed by atoms with E-state index in [4.69, 9.17) is 5.73 Å². The highest BCUT2D eigenvalue weighted by atomic mass is 16.5. The van der Waals surface area contributed by atoms with Crippen LogP contribution in [0.25, 0.3) is 5.69 Å². The Balaban J connectivity index is 1.71. The van der Waals surface area contributed by atoms with Crippen molar-refractivity contribution in [2.45, 2.75) is 13.5 Å². The molecule has 1 heterocycles. The summed E-state index contributed by atoms with van der Waals surface area (Å²) in [6, 6.07) is 14.8. The van der Waals surface area contributed by atoms with Crippen molar-refractivity contribution >= 4 is 17.7 Å². The van der Waals surface area contributed by atoms with Gasteiger partial charge >= 0.3 is 5.97 Å². The molecule has 7 nitrogen and oxygen atoms in total. The van der Waals surface area contributed by atoms with Crippen LogP contribution in [0.4, 0.5) is 5.82 Å². The van der Waals surface area contributed by atoms with Gasteiger partial charge in [0, 0.05) is 12.1 Å². The van der Waals surface area contributed by atoms with Gasteiger partial charge in [0.25, 0.3) is 5.91 Å². The molecule has 0 saturated heterocycles. The lowest BCUT2D eigenvalue weighted by Gasteiger charge is -2.08. The number of anilines is 1. The number of aryl methyl sites for hydroxylation is 1. The quantitative estimate of drug-likeness (QED) is 0.678. The van der Waals surface area contributed by atoms with Crippen molar-refractivity contribution in [1.82, 2.24) is 15.1 Å². The lowest BCUT2D eigenvalue weighted by molar-refractivity contribution is 0.0601. The van der Waals surface area contributed by atoms with Crippen LogP contribution in [0, 0.1) is 6.92 Å². The molecule has 1 amide bonds. The van der Waals surface area contributed by atoms with Crippen LogP contribution < -0.4 is 11.1 Å². The van der Waals surface area contributed by atoms with Gasteiger partial charge in [-0.15, -0.1) is 0 Å². The molecule has 2 aromatic carbocycles. The smallest absolute Gasteiger partial charge is 0.343 e. The third-order valence-electron chi connectivity index (χ3n) is 4.12. The minimum absolute atomic E-state index is 0.174. The highest BCUT2D eigenvalue weighted by Crippen LogP contribution is 2.18. The molecule has 3 rings (SSSR count). The normalized spacial score (nSPS) is 10.4. The van der Waals surface area contributed by atoms with Gasteiger partial charge < -0.3 is 15.8 Å². The molecule has 0 aliphatic carbocycles. The number of nitrogens with one attached hydrogen (secondary N) is 1. The van der Waals surface area contributed by atoms with E-state index in [9.17, 15) is 9.59 Å². The predicted molar refractivity (Wildman–Crippen MR) is 102 cm³/mol. The van der Waals surface area contributed by atoms with Gasteiger partial charge in [0.1, 0.15) is 11.4 Å². The van der Waals surface area contributed by atoms with Crippen molar-refractivity contribution in [3.05, 3.63) is 77.0 Å². The Labute approximate surface area is 156 Å². The summed E-state index contributed by atoms with van der Waals surface area (Å²) in [5.74, 6) is -0.545. The van der Waals surface area contributed by atoms with E-state index in [-0.39, 0.29) is 17.3 Å². The Hall–Kier alpha value is -3.61. The summed E-state index contributed by atoms with van der Waals surface area (Å²) in [7, 11) is 1.28. The molecule has 0 fully saturated rings. The number of nitrogens with zero attached hydrogens (tertiary/aromatic N) is 2. The largest absolute Gasteiger partial charge is 0.465 e. The van der Waals surface area contributed by atoms with Gasteiger partial charge in [0.15, 0.2) is 0 Å². The van der Waals surface area contributed by atoms with Gasteiger partial charge in [0.05, 0.1) is 19.0 Å². The average Bonchev–Trinajstić information content (AvgIpc) is 3.07. The number of nitrogens with two attached hydrogens (primary N) is 1. The Morgan fingerprint density at radius 1 is 1.19 bits per heavy atom. The highest BCUT2D eigenvalue weighted by molar-refractivity contribution is 5.95. The van der Waals surface area contributed by atoms with Crippen molar-refractivity contribution < 1.29 is 14.3 Å². The molecule has 27 heavy (non-hydrogen) atoms. The maximum absolute atomic E-state index is 12.3. The van der Waals surface area contributed by atoms with Crippen LogP contribution in [0.3, 0.4) is 0 Å². The number of amides is 1. The van der Waals surface area contributed by atoms with Crippen LogP contribution in [-0.2, 0) is 11.3 Å². The first-order valence-electron chi connectivity index (χ1n) is 8.35. The first-order valence-corrected chi connectivity index (χ1v) is 8.35. The van der Waals surface area contributed by atoms with Crippen LogP contribution in [0.1, 0.15) is 31.8 Å². The third kappa shape index (κ3) is 3.98. The van der Waals surface area contributed by atoms with E-state index in [1.807, 2.05) is 31.2 Å². The fourth-order valence-corrected chi connectivity index (χ4v) is 2.69. The number of esters is 1. The molecule has 138 valence electrons. The standard InChI is InChI=1S/C20H20N4O3/c1-13-4-3-5-14(10-13)11-22-19(25)15-6-8-16(9-7-15)24-18(21)17(12-23-24)20(26)27-2/h3-10,12H,11,21H2,1-2H3,(H,22,25). The molecule has 0 radical (unpaired) electrons. The summed E-state index contributed by atoms with van der Waals surface area (Å²) in [4.78, 5) is 24.0. The first kappa shape index (κ1) is 18.2. The van der Waals surface area contributed by atoms with Crippen LogP contribution in [-0.4, -0.2) is 28.8 Å². The molecule has 0 bridgehead atoms. The molecule has 0 spiro atoms. The summed E-state index contributed by atoms with van der Waals surface area (Å²) in [6.45, 7) is 2.47. The molecule has 3 aromatic rings. The van der Waals surface area contributed by atoms with Gasteiger partial charge in [-0.05, 0) is 36.8 Å². The SMILES string of the molecule is COC(=O)c1cnn(-c2ccc(C(=O)NCc3cccc(C)c3)cc2)c1N. The zero-order chi connectivity index (χ0) is 19.4. The number of benzene rings is 2. The molecule has 0 atom stereocenters. The Morgan fingerprint density at radius 2 is 1.93 bits per heavy atom. The Morgan fingerprint density at radius 3 is 2.59 bits per heavy atom. The molecule has 0 aliphatic rings. The van der Waals surface area contributed by atoms with Crippen LogP contribution in [0.15, 0.2) is 54.7 Å². The summed E-state index contributed by atoms with van der Waals surface area (Å²) in [6.07, 6.45) is 1.35. The zero-order valence-corrected chi connectivity index (χ0v) is 15.1. The van der Waals surface area contributed by atoms with Crippen LogP contribution >= 0.6 is 0 Å². The monoisotopic (exact) mass is 364 g/mol. The molecular weight excluding hydrogens is 344 g/mol. The van der Waals surface area contributed by atoms with Crippen molar-refractivity contribution in [2.24, 2.45) is 0 Å². The number of carbonyl (C=O) groups excluding carboxylic acids is 2. The highest BCUT2D eigenvalue weighted by Gasteiger charge is 2.16. The number of methoxy groups -OCH3 is 1. The van der Waals surface area contributed by atoms with Gasteiger partial charge in [-0.2, -0.15) is 5.10 Å². The van der Waals surface area contributed by atoms with Crippen molar-refractivity contribution in [3.8, 4) is 5.69 Å². The van der Waals surface area contributed by atoms with E-state index in [1.165, 1.54) is 18.0 Å². The third-order valence-corrected chi connectivity index (χ3v) is 4.12. The van der Waals surface area contributed by atoms with Crippen molar-refractivity contribution in [3.63, 3.8) is 0 Å². The maximum atomic E-state index is 12.3. The topological polar surface area (TPSA) is 99.2 Å². The minimum Gasteiger partial charge on any atom is -0.465 e. The van der Waals surface area contributed by atoms with Gasteiger partial charge in [-0.25, -0.2) is 9.48 Å². The van der Waals surface area contributed by atoms with Gasteiger partial charge in [0.2, 0.25) is 0 Å². The fraction of sp³-hybridized carbons (Fsp3) is 0.150. The van der Waals surface area contributed by atoms with E-state index < -0.39 is 5.97 Å². The summed E-state index contributed by atoms with van der Waals surface area (Å²) >= 11 is 0. The van der Waals surface area contributed by atoms with E-state index in [2.05, 4.69) is 15.2 Å². The summed E-state index contributed by atoms with van der Waals surface area (Å²) in [5, 5.41) is 7.00. The summed E-state index contributed by atoms with van der Waals surface area (Å²) in [5.41, 5.74) is 9.49. The molecule has 3 N–H and O–H groups in total. The lowest BCUT2D eigenvalue weighted by Crippen LogP contribution is -2.22. The first-order chi connectivity index (χ1) is 13.0. The maximum Gasteiger partial charge on any atom is 0.343 e. The second kappa shape index (κ2) is 7.74. The molecule has 0 saturated carbocycles. The predicted octanol–water partition coefficient (Wildman–Crippen LogP) is 2.48. The molecule has 1 aromatic heterocycles. The number of nitrogen functional groups attached to an aromatic ring is 1. The number of ether oxygens (including phenoxy) is 1. The van der Waals surface area contributed by atoms with Crippen molar-refractivity contribution in [2.75, 3.05) is 12.8 Å². The van der Waals surface area contributed by atoms with E-state index in [1.54, 1.807) is 24.3 Å². The fourth-order valence-electron chi connectivity index (χ4n) is 2.69. The molecule has 0 aliphatic heterocycles. The lowest BCUT2D eigenvalue weighted by atomic mass is 10.1. The van der Waals surface area contributed by atoms with Gasteiger partial charge in [-0.1, -0.05) is 29.8 Å². The summed E-state index contributed by atoms with van der Waals surface area (Å²) < 4.78 is 6.08. The number of hydrogen-bond donors (Lipinski definition) is 2.